The lowest BCUT2D eigenvalue weighted by Gasteiger charge is -2.27. The lowest BCUT2D eigenvalue weighted by molar-refractivity contribution is -0.119. The zero-order chi connectivity index (χ0) is 12.4. The molecule has 2 aliphatic rings. The van der Waals surface area contributed by atoms with Crippen LogP contribution in [0.2, 0.25) is 0 Å². The first kappa shape index (κ1) is 11.4. The predicted octanol–water partition coefficient (Wildman–Crippen LogP) is 1.25. The number of hydrogen-bond donors (Lipinski definition) is 0. The van der Waals surface area contributed by atoms with Gasteiger partial charge in [-0.15, -0.1) is 0 Å². The molecule has 5 heteroatoms. The van der Waals surface area contributed by atoms with Gasteiger partial charge in [0.05, 0.1) is 0 Å². The smallest absolute Gasteiger partial charge is 0.227 e. The summed E-state index contributed by atoms with van der Waals surface area (Å²) in [6.07, 6.45) is 5.57. The van der Waals surface area contributed by atoms with E-state index in [0.29, 0.717) is 18.6 Å². The normalized spacial score (nSPS) is 20.6. The molecule has 0 aliphatic carbocycles. The van der Waals surface area contributed by atoms with E-state index in [4.69, 9.17) is 0 Å². The number of nitrogens with zero attached hydrogens (tertiary/aromatic N) is 4. The Morgan fingerprint density at radius 1 is 1.00 bits per heavy atom. The highest BCUT2D eigenvalue weighted by molar-refractivity contribution is 5.80. The fourth-order valence-electron chi connectivity index (χ4n) is 2.57. The Bertz CT molecular complexity index is 432. The largest absolute Gasteiger partial charge is 0.356 e. The Hall–Kier alpha value is -1.65. The number of ketones is 1. The molecule has 2 aliphatic heterocycles. The van der Waals surface area contributed by atoms with Crippen molar-refractivity contribution in [2.45, 2.75) is 25.7 Å². The molecule has 1 aromatic heterocycles. The topological polar surface area (TPSA) is 49.3 Å². The monoisotopic (exact) mass is 246 g/mol. The van der Waals surface area contributed by atoms with Crippen molar-refractivity contribution < 1.29 is 4.79 Å². The number of carbonyl (C=O) groups is 1. The molecule has 0 atom stereocenters. The highest BCUT2D eigenvalue weighted by atomic mass is 16.1. The van der Waals surface area contributed by atoms with Gasteiger partial charge in [0.1, 0.15) is 11.6 Å². The summed E-state index contributed by atoms with van der Waals surface area (Å²) in [7, 11) is 0. The number of Topliss-reactive ketones (excluding diaryl/α,β-unsaturated/α-hetero) is 1. The predicted molar refractivity (Wildman–Crippen MR) is 69.9 cm³/mol. The highest BCUT2D eigenvalue weighted by Crippen LogP contribution is 2.20. The van der Waals surface area contributed by atoms with Gasteiger partial charge in [-0.1, -0.05) is 0 Å². The lowest BCUT2D eigenvalue weighted by Crippen LogP contribution is -2.34. The molecule has 0 aromatic carbocycles. The lowest BCUT2D eigenvalue weighted by atomic mass is 10.1. The summed E-state index contributed by atoms with van der Waals surface area (Å²) in [6, 6.07) is 1.94. The van der Waals surface area contributed by atoms with Crippen LogP contribution in [0.5, 0.6) is 0 Å². The number of piperidine rings is 1. The van der Waals surface area contributed by atoms with Gasteiger partial charge >= 0.3 is 0 Å². The van der Waals surface area contributed by atoms with Crippen molar-refractivity contribution in [1.29, 1.82) is 0 Å². The Kier molecular flexibility index (Phi) is 3.13. The number of aromatic nitrogens is 2. The Labute approximate surface area is 107 Å². The summed E-state index contributed by atoms with van der Waals surface area (Å²) in [5.41, 5.74) is 0. The molecule has 0 bridgehead atoms. The second-order valence-corrected chi connectivity index (χ2v) is 4.93. The van der Waals surface area contributed by atoms with Crippen LogP contribution in [0, 0.1) is 0 Å². The third-order valence-electron chi connectivity index (χ3n) is 3.66. The zero-order valence-electron chi connectivity index (χ0n) is 10.5. The number of anilines is 2. The van der Waals surface area contributed by atoms with Crippen molar-refractivity contribution in [3.8, 4) is 0 Å². The van der Waals surface area contributed by atoms with Gasteiger partial charge < -0.3 is 9.80 Å². The van der Waals surface area contributed by atoms with E-state index >= 15 is 0 Å². The van der Waals surface area contributed by atoms with Crippen LogP contribution in [0.4, 0.5) is 11.8 Å². The van der Waals surface area contributed by atoms with E-state index in [9.17, 15) is 4.79 Å². The Balaban J connectivity index is 1.75. The van der Waals surface area contributed by atoms with Crippen molar-refractivity contribution >= 4 is 17.5 Å². The molecule has 3 rings (SSSR count). The van der Waals surface area contributed by atoms with E-state index < -0.39 is 0 Å². The summed E-state index contributed by atoms with van der Waals surface area (Å²) in [6.45, 7) is 3.69. The fourth-order valence-corrected chi connectivity index (χ4v) is 2.57. The van der Waals surface area contributed by atoms with Crippen LogP contribution >= 0.6 is 0 Å². The van der Waals surface area contributed by atoms with Gasteiger partial charge in [-0.3, -0.25) is 4.79 Å². The third-order valence-corrected chi connectivity index (χ3v) is 3.66. The molecule has 1 aromatic rings. The maximum atomic E-state index is 11.2. The molecule has 0 spiro atoms. The van der Waals surface area contributed by atoms with Crippen LogP contribution in [0.15, 0.2) is 12.3 Å². The molecular weight excluding hydrogens is 228 g/mol. The molecule has 18 heavy (non-hydrogen) atoms. The van der Waals surface area contributed by atoms with Gasteiger partial charge in [0, 0.05) is 45.2 Å². The molecular formula is C13H18N4O. The molecule has 96 valence electrons. The highest BCUT2D eigenvalue weighted by Gasteiger charge is 2.20. The zero-order valence-corrected chi connectivity index (χ0v) is 10.5. The average molecular weight is 246 g/mol. The summed E-state index contributed by atoms with van der Waals surface area (Å²) in [5.74, 6) is 2.15. The minimum atomic E-state index is 0.361. The van der Waals surface area contributed by atoms with Gasteiger partial charge in [-0.25, -0.2) is 4.98 Å². The van der Waals surface area contributed by atoms with E-state index in [0.717, 1.165) is 37.9 Å². The van der Waals surface area contributed by atoms with Crippen LogP contribution in [0.3, 0.4) is 0 Å². The van der Waals surface area contributed by atoms with Crippen LogP contribution in [-0.4, -0.2) is 41.9 Å². The molecule has 0 radical (unpaired) electrons. The quantitative estimate of drug-likeness (QED) is 0.786. The SMILES string of the molecule is O=C1CCN(c2ccnc(N3CCCC3)n2)CC1. The minimum Gasteiger partial charge on any atom is -0.356 e. The Morgan fingerprint density at radius 2 is 1.72 bits per heavy atom. The van der Waals surface area contributed by atoms with Gasteiger partial charge in [-0.05, 0) is 18.9 Å². The number of hydrogen-bond acceptors (Lipinski definition) is 5. The molecule has 3 heterocycles. The van der Waals surface area contributed by atoms with Gasteiger partial charge in [-0.2, -0.15) is 4.98 Å². The Morgan fingerprint density at radius 3 is 2.44 bits per heavy atom. The van der Waals surface area contributed by atoms with Crippen molar-refractivity contribution in [2.75, 3.05) is 36.0 Å². The standard InChI is InChI=1S/C13H18N4O/c18-11-4-9-16(10-5-11)12-3-6-14-13(15-12)17-7-1-2-8-17/h3,6H,1-2,4-5,7-10H2. The maximum Gasteiger partial charge on any atom is 0.227 e. The first-order valence-corrected chi connectivity index (χ1v) is 6.67. The number of carbonyl (C=O) groups excluding carboxylic acids is 1. The summed E-state index contributed by atoms with van der Waals surface area (Å²) in [5, 5.41) is 0. The third kappa shape index (κ3) is 2.30. The van der Waals surface area contributed by atoms with E-state index in [1.807, 2.05) is 12.3 Å². The van der Waals surface area contributed by atoms with Crippen molar-refractivity contribution in [3.63, 3.8) is 0 Å². The van der Waals surface area contributed by atoms with Crippen molar-refractivity contribution in [2.24, 2.45) is 0 Å². The fraction of sp³-hybridized carbons (Fsp3) is 0.615. The van der Waals surface area contributed by atoms with Gasteiger partial charge in [0.15, 0.2) is 0 Å². The molecule has 0 N–H and O–H groups in total. The van der Waals surface area contributed by atoms with Crippen LogP contribution in [0.25, 0.3) is 0 Å². The first-order valence-electron chi connectivity index (χ1n) is 6.67. The van der Waals surface area contributed by atoms with E-state index in [-0.39, 0.29) is 0 Å². The van der Waals surface area contributed by atoms with Crippen LogP contribution in [0.1, 0.15) is 25.7 Å². The summed E-state index contributed by atoms with van der Waals surface area (Å²) >= 11 is 0. The second-order valence-electron chi connectivity index (χ2n) is 4.93. The van der Waals surface area contributed by atoms with E-state index in [1.165, 1.54) is 12.8 Å². The van der Waals surface area contributed by atoms with Gasteiger partial charge in [0.2, 0.25) is 5.95 Å². The van der Waals surface area contributed by atoms with E-state index in [1.54, 1.807) is 0 Å². The van der Waals surface area contributed by atoms with Crippen molar-refractivity contribution in [1.82, 2.24) is 9.97 Å². The van der Waals surface area contributed by atoms with Gasteiger partial charge in [0.25, 0.3) is 0 Å². The van der Waals surface area contributed by atoms with Crippen LogP contribution < -0.4 is 9.80 Å². The molecule has 2 fully saturated rings. The minimum absolute atomic E-state index is 0.361. The molecule has 0 amide bonds. The average Bonchev–Trinajstić information content (AvgIpc) is 2.94. The molecule has 0 unspecified atom stereocenters. The summed E-state index contributed by atoms with van der Waals surface area (Å²) < 4.78 is 0. The number of rotatable bonds is 2. The maximum absolute atomic E-state index is 11.2. The van der Waals surface area contributed by atoms with Crippen molar-refractivity contribution in [3.05, 3.63) is 12.3 Å². The first-order chi connectivity index (χ1) is 8.83. The molecule has 0 saturated carbocycles. The molecule has 5 nitrogen and oxygen atoms in total. The summed E-state index contributed by atoms with van der Waals surface area (Å²) in [4.78, 5) is 24.7. The van der Waals surface area contributed by atoms with E-state index in [2.05, 4.69) is 19.8 Å². The molecule has 2 saturated heterocycles. The second kappa shape index (κ2) is 4.92. The van der Waals surface area contributed by atoms with Crippen LogP contribution in [-0.2, 0) is 4.79 Å².